The maximum atomic E-state index is 12.6. The largest absolute Gasteiger partial charge is 0.495 e. The summed E-state index contributed by atoms with van der Waals surface area (Å²) >= 11 is 0. The van der Waals surface area contributed by atoms with Crippen LogP contribution in [-0.2, 0) is 10.0 Å². The average molecular weight is 398 g/mol. The van der Waals surface area contributed by atoms with E-state index in [0.717, 1.165) is 16.8 Å². The van der Waals surface area contributed by atoms with Crippen molar-refractivity contribution in [2.75, 3.05) is 17.1 Å². The molecule has 0 fully saturated rings. The minimum Gasteiger partial charge on any atom is -0.495 e. The first-order chi connectivity index (χ1) is 13.3. The van der Waals surface area contributed by atoms with Gasteiger partial charge in [0.25, 0.3) is 10.0 Å². The Hall–Kier alpha value is -3.13. The normalized spacial score (nSPS) is 11.1. The highest BCUT2D eigenvalue weighted by atomic mass is 32.2. The number of rotatable bonds is 6. The van der Waals surface area contributed by atoms with Crippen LogP contribution in [0.25, 0.3) is 0 Å². The minimum absolute atomic E-state index is 0.140. The van der Waals surface area contributed by atoms with Gasteiger partial charge in [0, 0.05) is 0 Å². The molecule has 7 nitrogen and oxygen atoms in total. The fraction of sp³-hybridized carbons (Fsp3) is 0.200. The van der Waals surface area contributed by atoms with E-state index in [9.17, 15) is 8.42 Å². The first-order valence-electron chi connectivity index (χ1n) is 8.64. The number of nitrogens with zero attached hydrogens (tertiary/aromatic N) is 2. The molecule has 2 aromatic carbocycles. The Labute approximate surface area is 164 Å². The van der Waals surface area contributed by atoms with E-state index in [2.05, 4.69) is 20.2 Å². The summed E-state index contributed by atoms with van der Waals surface area (Å²) < 4.78 is 33.0. The van der Waals surface area contributed by atoms with Crippen molar-refractivity contribution >= 4 is 27.3 Å². The number of sulfonamides is 1. The van der Waals surface area contributed by atoms with E-state index in [1.54, 1.807) is 38.3 Å². The van der Waals surface area contributed by atoms with E-state index < -0.39 is 10.0 Å². The Kier molecular flexibility index (Phi) is 5.51. The van der Waals surface area contributed by atoms with Crippen molar-refractivity contribution in [3.8, 4) is 5.75 Å². The van der Waals surface area contributed by atoms with Gasteiger partial charge in [-0.1, -0.05) is 23.8 Å². The summed E-state index contributed by atoms with van der Waals surface area (Å²) in [7, 11) is -2.15. The molecule has 3 rings (SSSR count). The summed E-state index contributed by atoms with van der Waals surface area (Å²) in [6.45, 7) is 5.65. The van der Waals surface area contributed by atoms with Crippen molar-refractivity contribution in [2.45, 2.75) is 25.7 Å². The lowest BCUT2D eigenvalue weighted by atomic mass is 10.2. The molecule has 28 heavy (non-hydrogen) atoms. The molecule has 0 saturated carbocycles. The number of hydrogen-bond acceptors (Lipinski definition) is 6. The molecule has 146 valence electrons. The highest BCUT2D eigenvalue weighted by molar-refractivity contribution is 7.92. The fourth-order valence-corrected chi connectivity index (χ4v) is 4.03. The molecule has 0 amide bonds. The summed E-state index contributed by atoms with van der Waals surface area (Å²) in [5.41, 5.74) is 3.48. The standard InChI is InChI=1S/C20H22N4O3S/c1-13-6-8-18(15(3)11-13)28(25,26)24-20-10-9-19(22-23-20)21-16-12-14(2)5-7-17(16)27-4/h5-12H,1-4H3,(H,21,22)(H,23,24). The van der Waals surface area contributed by atoms with Crippen molar-refractivity contribution in [3.05, 3.63) is 65.2 Å². The summed E-state index contributed by atoms with van der Waals surface area (Å²) in [5.74, 6) is 1.28. The lowest BCUT2D eigenvalue weighted by Crippen LogP contribution is -2.15. The summed E-state index contributed by atoms with van der Waals surface area (Å²) in [6, 6.07) is 14.1. The fourth-order valence-electron chi connectivity index (χ4n) is 2.80. The second-order valence-corrected chi connectivity index (χ2v) is 8.16. The van der Waals surface area contributed by atoms with Crippen LogP contribution in [0.5, 0.6) is 5.75 Å². The van der Waals surface area contributed by atoms with E-state index in [1.165, 1.54) is 0 Å². The molecule has 0 aliphatic carbocycles. The van der Waals surface area contributed by atoms with Crippen LogP contribution in [0, 0.1) is 20.8 Å². The number of anilines is 3. The lowest BCUT2D eigenvalue weighted by Gasteiger charge is -2.12. The van der Waals surface area contributed by atoms with Crippen molar-refractivity contribution in [1.82, 2.24) is 10.2 Å². The Bertz CT molecular complexity index is 1100. The molecule has 2 N–H and O–H groups in total. The van der Waals surface area contributed by atoms with Gasteiger partial charge in [-0.05, 0) is 62.2 Å². The molecule has 8 heteroatoms. The maximum Gasteiger partial charge on any atom is 0.263 e. The maximum absolute atomic E-state index is 12.6. The van der Waals surface area contributed by atoms with E-state index in [-0.39, 0.29) is 10.7 Å². The Morgan fingerprint density at radius 1 is 0.857 bits per heavy atom. The number of aromatic nitrogens is 2. The summed E-state index contributed by atoms with van der Waals surface area (Å²) in [5, 5.41) is 11.1. The molecule has 0 radical (unpaired) electrons. The number of methoxy groups -OCH3 is 1. The molecular weight excluding hydrogens is 376 g/mol. The van der Waals surface area contributed by atoms with Crippen LogP contribution >= 0.6 is 0 Å². The summed E-state index contributed by atoms with van der Waals surface area (Å²) in [6.07, 6.45) is 0. The Balaban J connectivity index is 1.79. The number of aryl methyl sites for hydroxylation is 3. The van der Waals surface area contributed by atoms with Gasteiger partial charge >= 0.3 is 0 Å². The molecule has 0 saturated heterocycles. The quantitative estimate of drug-likeness (QED) is 0.653. The van der Waals surface area contributed by atoms with Gasteiger partial charge in [-0.15, -0.1) is 10.2 Å². The van der Waals surface area contributed by atoms with Gasteiger partial charge in [0.05, 0.1) is 17.7 Å². The van der Waals surface area contributed by atoms with Crippen molar-refractivity contribution < 1.29 is 13.2 Å². The van der Waals surface area contributed by atoms with Crippen molar-refractivity contribution in [3.63, 3.8) is 0 Å². The number of benzene rings is 2. The van der Waals surface area contributed by atoms with Crippen LogP contribution < -0.4 is 14.8 Å². The van der Waals surface area contributed by atoms with Crippen molar-refractivity contribution in [1.29, 1.82) is 0 Å². The van der Waals surface area contributed by atoms with E-state index >= 15 is 0 Å². The SMILES string of the molecule is COc1ccc(C)cc1Nc1ccc(NS(=O)(=O)c2ccc(C)cc2C)nn1. The molecule has 0 aliphatic rings. The van der Waals surface area contributed by atoms with Crippen LogP contribution in [0.15, 0.2) is 53.4 Å². The topological polar surface area (TPSA) is 93.2 Å². The molecular formula is C20H22N4O3S. The Morgan fingerprint density at radius 2 is 1.50 bits per heavy atom. The molecule has 1 heterocycles. The third kappa shape index (κ3) is 4.40. The molecule has 0 atom stereocenters. The molecule has 1 aromatic heterocycles. The van der Waals surface area contributed by atoms with Crippen molar-refractivity contribution in [2.24, 2.45) is 0 Å². The van der Waals surface area contributed by atoms with Crippen LogP contribution in [0.1, 0.15) is 16.7 Å². The number of nitrogens with one attached hydrogen (secondary N) is 2. The first kappa shape index (κ1) is 19.6. The van der Waals surface area contributed by atoms with E-state index in [4.69, 9.17) is 4.74 Å². The van der Waals surface area contributed by atoms with Crippen LogP contribution in [0.4, 0.5) is 17.3 Å². The van der Waals surface area contributed by atoms with Gasteiger partial charge in [-0.2, -0.15) is 0 Å². The second kappa shape index (κ2) is 7.85. The predicted octanol–water partition coefficient (Wildman–Crippen LogP) is 3.95. The predicted molar refractivity (Wildman–Crippen MR) is 110 cm³/mol. The molecule has 0 spiro atoms. The Morgan fingerprint density at radius 3 is 2.14 bits per heavy atom. The van der Waals surface area contributed by atoms with Crippen LogP contribution in [-0.4, -0.2) is 25.7 Å². The first-order valence-corrected chi connectivity index (χ1v) is 10.1. The highest BCUT2D eigenvalue weighted by Gasteiger charge is 2.17. The molecule has 0 unspecified atom stereocenters. The van der Waals surface area contributed by atoms with Crippen LogP contribution in [0.2, 0.25) is 0 Å². The zero-order valence-corrected chi connectivity index (χ0v) is 17.0. The van der Waals surface area contributed by atoms with E-state index in [1.807, 2.05) is 38.1 Å². The second-order valence-electron chi connectivity index (χ2n) is 6.51. The molecule has 0 bridgehead atoms. The van der Waals surface area contributed by atoms with Gasteiger partial charge in [-0.25, -0.2) is 8.42 Å². The summed E-state index contributed by atoms with van der Waals surface area (Å²) in [4.78, 5) is 0.214. The van der Waals surface area contributed by atoms with Gasteiger partial charge in [0.15, 0.2) is 11.6 Å². The molecule has 3 aromatic rings. The van der Waals surface area contributed by atoms with Gasteiger partial charge in [0.2, 0.25) is 0 Å². The highest BCUT2D eigenvalue weighted by Crippen LogP contribution is 2.28. The minimum atomic E-state index is -3.74. The van der Waals surface area contributed by atoms with Gasteiger partial charge < -0.3 is 10.1 Å². The third-order valence-corrected chi connectivity index (χ3v) is 5.66. The molecule has 0 aliphatic heterocycles. The zero-order chi connectivity index (χ0) is 20.3. The smallest absolute Gasteiger partial charge is 0.263 e. The van der Waals surface area contributed by atoms with Gasteiger partial charge in [-0.3, -0.25) is 4.72 Å². The number of hydrogen-bond donors (Lipinski definition) is 2. The van der Waals surface area contributed by atoms with Crippen LogP contribution in [0.3, 0.4) is 0 Å². The third-order valence-electron chi connectivity index (χ3n) is 4.14. The van der Waals surface area contributed by atoms with Gasteiger partial charge in [0.1, 0.15) is 5.75 Å². The van der Waals surface area contributed by atoms with E-state index in [0.29, 0.717) is 17.1 Å². The monoisotopic (exact) mass is 398 g/mol. The average Bonchev–Trinajstić information content (AvgIpc) is 2.63. The lowest BCUT2D eigenvalue weighted by molar-refractivity contribution is 0.416. The number of ether oxygens (including phenoxy) is 1. The zero-order valence-electron chi connectivity index (χ0n) is 16.1.